The van der Waals surface area contributed by atoms with Crippen molar-refractivity contribution in [1.29, 1.82) is 0 Å². The molecule has 2 aromatic rings. The van der Waals surface area contributed by atoms with E-state index in [4.69, 9.17) is 0 Å². The number of nitrogens with zero attached hydrogens (tertiary/aromatic N) is 1. The molecule has 0 saturated carbocycles. The number of para-hydroxylation sites is 2. The maximum atomic E-state index is 10.0. The topological polar surface area (TPSA) is 60.9 Å². The number of hydrogen-bond donors (Lipinski definition) is 3. The number of fused-ring (bicyclic) bond motifs is 1. The third-order valence-corrected chi connectivity index (χ3v) is 3.39. The van der Waals surface area contributed by atoms with Crippen molar-refractivity contribution in [3.8, 4) is 0 Å². The van der Waals surface area contributed by atoms with Crippen LogP contribution >= 0.6 is 11.8 Å². The molecule has 2 rings (SSSR count). The lowest BCUT2D eigenvalue weighted by atomic mass is 10.1. The van der Waals surface area contributed by atoms with E-state index in [9.17, 15) is 5.11 Å². The molecule has 17 heavy (non-hydrogen) atoms. The molecule has 0 fully saturated rings. The molecular weight excluding hydrogens is 234 g/mol. The van der Waals surface area contributed by atoms with Crippen LogP contribution in [0.15, 0.2) is 24.3 Å². The van der Waals surface area contributed by atoms with E-state index in [1.54, 1.807) is 11.8 Å². The molecule has 0 aliphatic carbocycles. The van der Waals surface area contributed by atoms with Gasteiger partial charge in [-0.25, -0.2) is 4.98 Å². The van der Waals surface area contributed by atoms with Gasteiger partial charge in [0.2, 0.25) is 5.95 Å². The largest absolute Gasteiger partial charge is 0.387 e. The van der Waals surface area contributed by atoms with Crippen LogP contribution in [0, 0.1) is 0 Å². The molecule has 0 radical (unpaired) electrons. The maximum absolute atomic E-state index is 10.0. The second kappa shape index (κ2) is 4.98. The number of thioether (sulfide) groups is 1. The number of hydrogen-bond acceptors (Lipinski definition) is 4. The molecule has 0 spiro atoms. The minimum absolute atomic E-state index is 0.480. The minimum atomic E-state index is -0.724. The Balaban J connectivity index is 2.04. The third-order valence-electron chi connectivity index (χ3n) is 2.48. The van der Waals surface area contributed by atoms with Crippen molar-refractivity contribution in [2.45, 2.75) is 12.5 Å². The number of aromatic amines is 1. The molecule has 4 nitrogen and oxygen atoms in total. The summed E-state index contributed by atoms with van der Waals surface area (Å²) in [7, 11) is 0. The Morgan fingerprint density at radius 3 is 2.94 bits per heavy atom. The zero-order chi connectivity index (χ0) is 12.3. The molecule has 0 amide bonds. The van der Waals surface area contributed by atoms with Crippen molar-refractivity contribution in [2.75, 3.05) is 23.9 Å². The van der Waals surface area contributed by atoms with Crippen LogP contribution in [0.4, 0.5) is 5.95 Å². The Bertz CT molecular complexity index is 462. The quantitative estimate of drug-likeness (QED) is 0.761. The van der Waals surface area contributed by atoms with E-state index < -0.39 is 5.60 Å². The van der Waals surface area contributed by atoms with Gasteiger partial charge in [-0.05, 0) is 25.3 Å². The van der Waals surface area contributed by atoms with Crippen molar-refractivity contribution >= 4 is 28.7 Å². The monoisotopic (exact) mass is 251 g/mol. The molecule has 1 atom stereocenters. The lowest BCUT2D eigenvalue weighted by Crippen LogP contribution is -2.36. The Morgan fingerprint density at radius 1 is 1.47 bits per heavy atom. The first-order valence-electron chi connectivity index (χ1n) is 5.51. The van der Waals surface area contributed by atoms with Crippen LogP contribution in [0.5, 0.6) is 0 Å². The number of aliphatic hydroxyl groups is 1. The van der Waals surface area contributed by atoms with Crippen LogP contribution in [0.2, 0.25) is 0 Å². The van der Waals surface area contributed by atoms with Gasteiger partial charge in [0, 0.05) is 12.3 Å². The third kappa shape index (κ3) is 3.14. The highest BCUT2D eigenvalue weighted by molar-refractivity contribution is 7.98. The number of imidazole rings is 1. The van der Waals surface area contributed by atoms with E-state index >= 15 is 0 Å². The van der Waals surface area contributed by atoms with Crippen LogP contribution in [-0.4, -0.2) is 39.2 Å². The van der Waals surface area contributed by atoms with E-state index in [1.807, 2.05) is 37.4 Å². The normalized spacial score (nSPS) is 14.8. The number of rotatable bonds is 5. The van der Waals surface area contributed by atoms with Gasteiger partial charge in [0.15, 0.2) is 0 Å². The first-order valence-corrected chi connectivity index (χ1v) is 6.90. The first kappa shape index (κ1) is 12.3. The molecule has 3 N–H and O–H groups in total. The molecule has 1 aromatic heterocycles. The molecule has 92 valence electrons. The lowest BCUT2D eigenvalue weighted by molar-refractivity contribution is 0.0995. The molecule has 0 bridgehead atoms. The van der Waals surface area contributed by atoms with Crippen LogP contribution in [0.1, 0.15) is 6.92 Å². The Morgan fingerprint density at radius 2 is 2.24 bits per heavy atom. The van der Waals surface area contributed by atoms with Gasteiger partial charge in [-0.1, -0.05) is 12.1 Å². The molecule has 1 unspecified atom stereocenters. The SMILES string of the molecule is CSCC(C)(O)CNc1nc2ccccc2[nH]1. The molecule has 0 saturated heterocycles. The average Bonchev–Trinajstić information content (AvgIpc) is 2.69. The summed E-state index contributed by atoms with van der Waals surface area (Å²) in [5.74, 6) is 1.40. The van der Waals surface area contributed by atoms with Crippen LogP contribution in [0.25, 0.3) is 11.0 Å². The molecule has 5 heteroatoms. The number of H-pyrrole nitrogens is 1. The minimum Gasteiger partial charge on any atom is -0.387 e. The molecule has 0 aliphatic heterocycles. The molecule has 1 heterocycles. The van der Waals surface area contributed by atoms with Gasteiger partial charge in [-0.15, -0.1) is 0 Å². The van der Waals surface area contributed by atoms with Crippen molar-refractivity contribution < 1.29 is 5.11 Å². The Hall–Kier alpha value is -1.20. The number of nitrogens with one attached hydrogen (secondary N) is 2. The maximum Gasteiger partial charge on any atom is 0.201 e. The second-order valence-electron chi connectivity index (χ2n) is 4.39. The molecule has 1 aromatic carbocycles. The van der Waals surface area contributed by atoms with Gasteiger partial charge in [-0.2, -0.15) is 11.8 Å². The molecule has 0 aliphatic rings. The fraction of sp³-hybridized carbons (Fsp3) is 0.417. The zero-order valence-electron chi connectivity index (χ0n) is 10.0. The van der Waals surface area contributed by atoms with E-state index in [1.165, 1.54) is 0 Å². The average molecular weight is 251 g/mol. The van der Waals surface area contributed by atoms with Crippen molar-refractivity contribution in [2.24, 2.45) is 0 Å². The van der Waals surface area contributed by atoms with E-state index in [-0.39, 0.29) is 0 Å². The number of aromatic nitrogens is 2. The highest BCUT2D eigenvalue weighted by Crippen LogP contribution is 2.15. The van der Waals surface area contributed by atoms with Gasteiger partial charge in [-0.3, -0.25) is 0 Å². The predicted octanol–water partition coefficient (Wildman–Crippen LogP) is 2.09. The van der Waals surface area contributed by atoms with Gasteiger partial charge >= 0.3 is 0 Å². The van der Waals surface area contributed by atoms with E-state index in [0.717, 1.165) is 11.0 Å². The fourth-order valence-corrected chi connectivity index (χ4v) is 2.40. The number of anilines is 1. The van der Waals surface area contributed by atoms with Crippen molar-refractivity contribution in [1.82, 2.24) is 9.97 Å². The van der Waals surface area contributed by atoms with Crippen LogP contribution < -0.4 is 5.32 Å². The van der Waals surface area contributed by atoms with Crippen LogP contribution in [0.3, 0.4) is 0 Å². The summed E-state index contributed by atoms with van der Waals surface area (Å²) in [5.41, 5.74) is 1.21. The standard InChI is InChI=1S/C12H17N3OS/c1-12(16,8-17-2)7-13-11-14-9-5-3-4-6-10(9)15-11/h3-6,16H,7-8H2,1-2H3,(H2,13,14,15). The van der Waals surface area contributed by atoms with Crippen molar-refractivity contribution in [3.05, 3.63) is 24.3 Å². The first-order chi connectivity index (χ1) is 8.11. The van der Waals surface area contributed by atoms with Gasteiger partial charge in [0.1, 0.15) is 0 Å². The molecular formula is C12H17N3OS. The highest BCUT2D eigenvalue weighted by Gasteiger charge is 2.19. The summed E-state index contributed by atoms with van der Waals surface area (Å²) >= 11 is 1.63. The summed E-state index contributed by atoms with van der Waals surface area (Å²) in [6, 6.07) is 7.86. The van der Waals surface area contributed by atoms with Gasteiger partial charge < -0.3 is 15.4 Å². The van der Waals surface area contributed by atoms with Gasteiger partial charge in [0.25, 0.3) is 0 Å². The summed E-state index contributed by atoms with van der Waals surface area (Å²) in [6.45, 7) is 2.30. The predicted molar refractivity (Wildman–Crippen MR) is 73.6 cm³/mol. The van der Waals surface area contributed by atoms with Gasteiger partial charge in [0.05, 0.1) is 16.6 Å². The lowest BCUT2D eigenvalue weighted by Gasteiger charge is -2.22. The second-order valence-corrected chi connectivity index (χ2v) is 5.25. The van der Waals surface area contributed by atoms with E-state index in [2.05, 4.69) is 15.3 Å². The fourth-order valence-electron chi connectivity index (χ4n) is 1.67. The smallest absolute Gasteiger partial charge is 0.201 e. The van der Waals surface area contributed by atoms with Crippen LogP contribution in [-0.2, 0) is 0 Å². The summed E-state index contributed by atoms with van der Waals surface area (Å²) < 4.78 is 0. The zero-order valence-corrected chi connectivity index (χ0v) is 10.8. The van der Waals surface area contributed by atoms with E-state index in [0.29, 0.717) is 18.2 Å². The Labute approximate surface area is 105 Å². The van der Waals surface area contributed by atoms with Crippen molar-refractivity contribution in [3.63, 3.8) is 0 Å². The summed E-state index contributed by atoms with van der Waals surface area (Å²) in [5, 5.41) is 13.2. The highest BCUT2D eigenvalue weighted by atomic mass is 32.2. The summed E-state index contributed by atoms with van der Waals surface area (Å²) in [6.07, 6.45) is 1.98. The number of benzene rings is 1. The Kier molecular flexibility index (Phi) is 3.59. The summed E-state index contributed by atoms with van der Waals surface area (Å²) in [4.78, 5) is 7.56.